The van der Waals surface area contributed by atoms with Gasteiger partial charge in [0.1, 0.15) is 12.1 Å². The van der Waals surface area contributed by atoms with Crippen LogP contribution in [0, 0.1) is 5.41 Å². The number of esters is 2. The number of nitrogens with one attached hydrogen (secondary N) is 2. The van der Waals surface area contributed by atoms with E-state index in [0.29, 0.717) is 26.1 Å². The number of carbonyl (C=O) groups excluding carboxylic acids is 3. The Hall–Kier alpha value is -2.30. The fourth-order valence-electron chi connectivity index (χ4n) is 3.67. The molecule has 0 aromatic heterocycles. The van der Waals surface area contributed by atoms with E-state index in [-0.39, 0.29) is 32.3 Å². The minimum absolute atomic E-state index is 0.0202. The second-order valence-corrected chi connectivity index (χ2v) is 11.2. The predicted molar refractivity (Wildman–Crippen MR) is 129 cm³/mol. The highest BCUT2D eigenvalue weighted by molar-refractivity contribution is 7.51. The highest BCUT2D eigenvalue weighted by atomic mass is 31.2. The van der Waals surface area contributed by atoms with E-state index in [1.54, 1.807) is 13.8 Å². The number of ether oxygens (including phenoxy) is 3. The summed E-state index contributed by atoms with van der Waals surface area (Å²) in [6, 6.07) is 8.56. The van der Waals surface area contributed by atoms with Gasteiger partial charge in [0.2, 0.25) is 5.91 Å². The average molecular weight is 527 g/mol. The van der Waals surface area contributed by atoms with Crippen molar-refractivity contribution < 1.29 is 42.2 Å². The molecule has 2 aliphatic rings. The lowest BCUT2D eigenvalue weighted by molar-refractivity contribution is -0.149. The molecule has 4 atom stereocenters. The zero-order valence-corrected chi connectivity index (χ0v) is 21.8. The molecule has 1 amide bonds. The lowest BCUT2D eigenvalue weighted by Crippen LogP contribution is -2.51. The van der Waals surface area contributed by atoms with Gasteiger partial charge in [-0.1, -0.05) is 44.2 Å². The zero-order valence-electron chi connectivity index (χ0n) is 20.9. The van der Waals surface area contributed by atoms with E-state index in [2.05, 4.69) is 10.4 Å². The number of hydrogen-bond acceptors (Lipinski definition) is 9. The first-order chi connectivity index (χ1) is 17.1. The van der Waals surface area contributed by atoms with Crippen LogP contribution in [0.25, 0.3) is 0 Å². The lowest BCUT2D eigenvalue weighted by atomic mass is 9.87. The van der Waals surface area contributed by atoms with Gasteiger partial charge in [0.05, 0.1) is 32.8 Å². The molecule has 0 bridgehead atoms. The molecule has 0 spiro atoms. The second kappa shape index (κ2) is 12.8. The molecule has 11 nitrogen and oxygen atoms in total. The normalized spacial score (nSPS) is 26.1. The van der Waals surface area contributed by atoms with E-state index in [9.17, 15) is 18.9 Å². The van der Waals surface area contributed by atoms with Crippen LogP contribution in [0.4, 0.5) is 0 Å². The molecule has 2 aliphatic heterocycles. The maximum absolute atomic E-state index is 13.2. The third kappa shape index (κ3) is 8.38. The van der Waals surface area contributed by atoms with Crippen molar-refractivity contribution in [3.63, 3.8) is 0 Å². The number of benzene rings is 1. The summed E-state index contributed by atoms with van der Waals surface area (Å²) in [5.74, 6) is -1.60. The molecule has 2 fully saturated rings. The van der Waals surface area contributed by atoms with Crippen molar-refractivity contribution >= 4 is 25.6 Å². The van der Waals surface area contributed by atoms with Crippen LogP contribution in [0.3, 0.4) is 0 Å². The predicted octanol–water partition coefficient (Wildman–Crippen LogP) is 2.14. The Balaban J connectivity index is 1.46. The van der Waals surface area contributed by atoms with Gasteiger partial charge in [-0.2, -0.15) is 0 Å². The van der Waals surface area contributed by atoms with Gasteiger partial charge in [-0.05, 0) is 12.5 Å². The highest BCUT2D eigenvalue weighted by Gasteiger charge is 2.49. The van der Waals surface area contributed by atoms with Gasteiger partial charge in [-0.3, -0.25) is 23.4 Å². The standard InChI is InChI=1S/C24H35N2O9P/c1-17(23(29)32-14-10-18-7-5-4-6-8-18)26-36(30)33-16-24(2,3)21(35-36)22(28)25-12-9-20(27)34-19-11-13-31-15-19/h4-8,17,19,21H,9-16H2,1-3H3,(H,25,28)(H,26,30)/t17-,19+,21-,36?/m0/s1. The van der Waals surface area contributed by atoms with Crippen LogP contribution >= 0.6 is 7.75 Å². The van der Waals surface area contributed by atoms with Crippen LogP contribution in [0.2, 0.25) is 0 Å². The van der Waals surface area contributed by atoms with Crippen molar-refractivity contribution in [2.75, 3.05) is 33.0 Å². The van der Waals surface area contributed by atoms with Crippen molar-refractivity contribution in [1.82, 2.24) is 10.4 Å². The molecule has 2 N–H and O–H groups in total. The topological polar surface area (TPSA) is 138 Å². The maximum atomic E-state index is 13.2. The third-order valence-electron chi connectivity index (χ3n) is 5.80. The van der Waals surface area contributed by atoms with E-state index < -0.39 is 43.2 Å². The molecule has 3 rings (SSSR count). The minimum Gasteiger partial charge on any atom is -0.464 e. The summed E-state index contributed by atoms with van der Waals surface area (Å²) in [6.45, 7) is 6.03. The largest absolute Gasteiger partial charge is 0.464 e. The average Bonchev–Trinajstić information content (AvgIpc) is 3.34. The fraction of sp³-hybridized carbons (Fsp3) is 0.625. The molecule has 0 saturated carbocycles. The zero-order chi connectivity index (χ0) is 26.2. The number of rotatable bonds is 11. The Morgan fingerprint density at radius 3 is 2.67 bits per heavy atom. The Morgan fingerprint density at radius 1 is 1.22 bits per heavy atom. The highest BCUT2D eigenvalue weighted by Crippen LogP contribution is 2.53. The van der Waals surface area contributed by atoms with E-state index in [1.807, 2.05) is 30.3 Å². The van der Waals surface area contributed by atoms with Crippen LogP contribution in [-0.2, 0) is 48.6 Å². The molecule has 12 heteroatoms. The van der Waals surface area contributed by atoms with Gasteiger partial charge in [-0.25, -0.2) is 9.65 Å². The maximum Gasteiger partial charge on any atom is 0.407 e. The third-order valence-corrected chi connectivity index (χ3v) is 7.46. The van der Waals surface area contributed by atoms with Gasteiger partial charge < -0.3 is 19.5 Å². The van der Waals surface area contributed by atoms with E-state index in [4.69, 9.17) is 23.3 Å². The van der Waals surface area contributed by atoms with E-state index >= 15 is 0 Å². The molecule has 36 heavy (non-hydrogen) atoms. The smallest absolute Gasteiger partial charge is 0.407 e. The first kappa shape index (κ1) is 28.3. The van der Waals surface area contributed by atoms with Gasteiger partial charge in [0.25, 0.3) is 0 Å². The summed E-state index contributed by atoms with van der Waals surface area (Å²) in [4.78, 5) is 37.1. The molecule has 1 aromatic rings. The molecule has 2 heterocycles. The van der Waals surface area contributed by atoms with Crippen molar-refractivity contribution in [3.8, 4) is 0 Å². The minimum atomic E-state index is -3.99. The molecular weight excluding hydrogens is 491 g/mol. The molecular formula is C24H35N2O9P. The Bertz CT molecular complexity index is 950. The molecule has 1 aromatic carbocycles. The van der Waals surface area contributed by atoms with Crippen LogP contribution in [0.1, 0.15) is 39.2 Å². The Kier molecular flexibility index (Phi) is 10.0. The number of amides is 1. The number of hydrogen-bond donors (Lipinski definition) is 2. The van der Waals surface area contributed by atoms with Gasteiger partial charge >= 0.3 is 19.7 Å². The summed E-state index contributed by atoms with van der Waals surface area (Å²) in [7, 11) is -3.99. The second-order valence-electron chi connectivity index (χ2n) is 9.52. The summed E-state index contributed by atoms with van der Waals surface area (Å²) < 4.78 is 39.9. The monoisotopic (exact) mass is 526 g/mol. The quantitative estimate of drug-likeness (QED) is 0.326. The van der Waals surface area contributed by atoms with Crippen LogP contribution in [0.5, 0.6) is 0 Å². The molecule has 1 unspecified atom stereocenters. The molecule has 0 aliphatic carbocycles. The van der Waals surface area contributed by atoms with Gasteiger partial charge in [0.15, 0.2) is 6.10 Å². The summed E-state index contributed by atoms with van der Waals surface area (Å²) >= 11 is 0. The summed E-state index contributed by atoms with van der Waals surface area (Å²) in [5.41, 5.74) is 0.218. The van der Waals surface area contributed by atoms with Crippen molar-refractivity contribution in [2.45, 2.75) is 58.3 Å². The first-order valence-electron chi connectivity index (χ1n) is 12.0. The Morgan fingerprint density at radius 2 is 1.97 bits per heavy atom. The first-order valence-corrected chi connectivity index (χ1v) is 13.6. The van der Waals surface area contributed by atoms with E-state index in [1.165, 1.54) is 6.92 Å². The van der Waals surface area contributed by atoms with Crippen molar-refractivity contribution in [2.24, 2.45) is 5.41 Å². The summed E-state index contributed by atoms with van der Waals surface area (Å²) in [5, 5.41) is 5.18. The van der Waals surface area contributed by atoms with Crippen molar-refractivity contribution in [3.05, 3.63) is 35.9 Å². The molecule has 200 valence electrons. The van der Waals surface area contributed by atoms with Gasteiger partial charge in [0, 0.05) is 24.8 Å². The SMILES string of the molecule is C[C@H](NP1(=O)OCC(C)(C)[C@H](C(=O)NCCC(=O)O[C@@H]2CCOC2)O1)C(=O)OCCc1ccccc1. The van der Waals surface area contributed by atoms with Crippen LogP contribution in [-0.4, -0.2) is 69.1 Å². The molecule has 0 radical (unpaired) electrons. The van der Waals surface area contributed by atoms with Gasteiger partial charge in [-0.15, -0.1) is 0 Å². The molecule has 2 saturated heterocycles. The van der Waals surface area contributed by atoms with Crippen LogP contribution in [0.15, 0.2) is 30.3 Å². The summed E-state index contributed by atoms with van der Waals surface area (Å²) in [6.07, 6.45) is -0.209. The lowest BCUT2D eigenvalue weighted by Gasteiger charge is -2.40. The van der Waals surface area contributed by atoms with Crippen LogP contribution < -0.4 is 10.4 Å². The van der Waals surface area contributed by atoms with Crippen molar-refractivity contribution in [1.29, 1.82) is 0 Å². The fourth-order valence-corrected chi connectivity index (χ4v) is 5.61. The number of carbonyl (C=O) groups is 3. The van der Waals surface area contributed by atoms with E-state index in [0.717, 1.165) is 5.56 Å². The Labute approximate surface area is 211 Å².